The highest BCUT2D eigenvalue weighted by atomic mass is 16.2. The lowest BCUT2D eigenvalue weighted by Gasteiger charge is -2.38. The second-order valence-electron chi connectivity index (χ2n) is 8.71. The maximum absolute atomic E-state index is 13.3. The molecule has 3 heterocycles. The van der Waals surface area contributed by atoms with Crippen LogP contribution in [0.25, 0.3) is 0 Å². The minimum absolute atomic E-state index is 0.0480. The van der Waals surface area contributed by atoms with Gasteiger partial charge in [-0.15, -0.1) is 0 Å². The van der Waals surface area contributed by atoms with Gasteiger partial charge in [-0.05, 0) is 44.2 Å². The largest absolute Gasteiger partial charge is 0.343 e. The van der Waals surface area contributed by atoms with Gasteiger partial charge in [0, 0.05) is 44.2 Å². The molecule has 0 bridgehead atoms. The van der Waals surface area contributed by atoms with E-state index in [1.54, 1.807) is 17.0 Å². The summed E-state index contributed by atoms with van der Waals surface area (Å²) in [4.78, 5) is 55.9. The van der Waals surface area contributed by atoms with E-state index in [2.05, 4.69) is 5.32 Å². The average Bonchev–Trinajstić information content (AvgIpc) is 3.03. The Hall–Kier alpha value is -2.90. The number of likely N-dealkylation sites (tertiary alicyclic amines) is 2. The number of amides is 5. The third-order valence-electron chi connectivity index (χ3n) is 6.76. The monoisotopic (exact) mass is 426 g/mol. The molecular weight excluding hydrogens is 396 g/mol. The molecule has 1 aromatic rings. The number of piperidine rings is 2. The van der Waals surface area contributed by atoms with Crippen LogP contribution in [0.4, 0.5) is 4.79 Å². The lowest BCUT2D eigenvalue weighted by Crippen LogP contribution is -2.56. The van der Waals surface area contributed by atoms with Crippen molar-refractivity contribution >= 4 is 23.8 Å². The third kappa shape index (κ3) is 4.03. The Morgan fingerprint density at radius 1 is 1.00 bits per heavy atom. The number of nitrogens with zero attached hydrogens (tertiary/aromatic N) is 3. The van der Waals surface area contributed by atoms with Crippen LogP contribution in [0.3, 0.4) is 0 Å². The summed E-state index contributed by atoms with van der Waals surface area (Å²) in [5.41, 5.74) is -0.286. The van der Waals surface area contributed by atoms with E-state index in [1.165, 1.54) is 4.90 Å². The molecule has 0 aliphatic carbocycles. The Morgan fingerprint density at radius 3 is 2.26 bits per heavy atom. The summed E-state index contributed by atoms with van der Waals surface area (Å²) < 4.78 is 0. The second kappa shape index (κ2) is 8.69. The van der Waals surface area contributed by atoms with Crippen LogP contribution in [0.15, 0.2) is 30.3 Å². The Bertz CT molecular complexity index is 856. The van der Waals surface area contributed by atoms with Gasteiger partial charge in [0.05, 0.1) is 0 Å². The fourth-order valence-electron chi connectivity index (χ4n) is 4.91. The number of benzene rings is 1. The fourth-order valence-corrected chi connectivity index (χ4v) is 4.91. The lowest BCUT2D eigenvalue weighted by atomic mass is 9.86. The summed E-state index contributed by atoms with van der Waals surface area (Å²) in [6.07, 6.45) is 3.42. The van der Waals surface area contributed by atoms with Crippen molar-refractivity contribution in [3.05, 3.63) is 35.9 Å². The number of urea groups is 1. The van der Waals surface area contributed by atoms with Gasteiger partial charge >= 0.3 is 6.03 Å². The molecule has 3 saturated heterocycles. The molecule has 1 spiro atoms. The van der Waals surface area contributed by atoms with Crippen LogP contribution >= 0.6 is 0 Å². The van der Waals surface area contributed by atoms with Crippen LogP contribution in [0, 0.1) is 0 Å². The molecule has 8 nitrogen and oxygen atoms in total. The molecule has 8 heteroatoms. The third-order valence-corrected chi connectivity index (χ3v) is 6.76. The van der Waals surface area contributed by atoms with Gasteiger partial charge in [-0.25, -0.2) is 4.79 Å². The van der Waals surface area contributed by atoms with Crippen LogP contribution < -0.4 is 5.32 Å². The molecule has 31 heavy (non-hydrogen) atoms. The summed E-state index contributed by atoms with van der Waals surface area (Å²) >= 11 is 0. The van der Waals surface area contributed by atoms with Crippen molar-refractivity contribution in [1.82, 2.24) is 20.0 Å². The molecule has 166 valence electrons. The average molecular weight is 427 g/mol. The van der Waals surface area contributed by atoms with E-state index in [0.717, 1.165) is 6.42 Å². The molecule has 0 saturated carbocycles. The molecule has 4 rings (SSSR count). The Labute approximate surface area is 182 Å². The molecule has 0 aromatic heterocycles. The maximum atomic E-state index is 13.3. The first-order valence-corrected chi connectivity index (χ1v) is 11.2. The number of hydrogen-bond acceptors (Lipinski definition) is 4. The molecular formula is C23H30N4O4. The highest BCUT2D eigenvalue weighted by Crippen LogP contribution is 2.33. The van der Waals surface area contributed by atoms with E-state index >= 15 is 0 Å². The topological polar surface area (TPSA) is 90.0 Å². The Balaban J connectivity index is 1.37. The van der Waals surface area contributed by atoms with Crippen molar-refractivity contribution in [3.63, 3.8) is 0 Å². The van der Waals surface area contributed by atoms with Gasteiger partial charge in [0.1, 0.15) is 5.54 Å². The zero-order chi connectivity index (χ0) is 22.0. The normalized spacial score (nSPS) is 21.5. The van der Waals surface area contributed by atoms with Crippen molar-refractivity contribution in [3.8, 4) is 0 Å². The number of imide groups is 1. The first-order valence-electron chi connectivity index (χ1n) is 11.2. The van der Waals surface area contributed by atoms with Gasteiger partial charge in [0.25, 0.3) is 11.8 Å². The van der Waals surface area contributed by atoms with Crippen LogP contribution in [0.1, 0.15) is 55.8 Å². The summed E-state index contributed by atoms with van der Waals surface area (Å²) in [6, 6.07) is 8.58. The van der Waals surface area contributed by atoms with E-state index in [4.69, 9.17) is 0 Å². The highest BCUT2D eigenvalue weighted by molar-refractivity contribution is 6.07. The molecule has 0 unspecified atom stereocenters. The zero-order valence-corrected chi connectivity index (χ0v) is 18.0. The summed E-state index contributed by atoms with van der Waals surface area (Å²) in [5, 5.41) is 2.94. The summed E-state index contributed by atoms with van der Waals surface area (Å²) in [5.74, 6) is -0.0825. The minimum atomic E-state index is -0.917. The van der Waals surface area contributed by atoms with Crippen molar-refractivity contribution < 1.29 is 19.2 Å². The molecule has 1 aromatic carbocycles. The molecule has 1 N–H and O–H groups in total. The predicted molar refractivity (Wildman–Crippen MR) is 114 cm³/mol. The summed E-state index contributed by atoms with van der Waals surface area (Å²) in [7, 11) is 0. The molecule has 0 radical (unpaired) electrons. The molecule has 3 aliphatic rings. The molecule has 3 aliphatic heterocycles. The summed E-state index contributed by atoms with van der Waals surface area (Å²) in [6.45, 7) is 3.99. The minimum Gasteiger partial charge on any atom is -0.343 e. The number of hydrogen-bond donors (Lipinski definition) is 1. The van der Waals surface area contributed by atoms with E-state index in [0.29, 0.717) is 63.8 Å². The van der Waals surface area contributed by atoms with E-state index in [1.807, 2.05) is 30.0 Å². The van der Waals surface area contributed by atoms with Crippen molar-refractivity contribution in [2.75, 3.05) is 26.2 Å². The predicted octanol–water partition coefficient (Wildman–Crippen LogP) is 2.00. The van der Waals surface area contributed by atoms with Gasteiger partial charge in [-0.3, -0.25) is 19.3 Å². The van der Waals surface area contributed by atoms with E-state index < -0.39 is 5.54 Å². The quantitative estimate of drug-likeness (QED) is 0.746. The molecule has 3 fully saturated rings. The zero-order valence-electron chi connectivity index (χ0n) is 18.0. The van der Waals surface area contributed by atoms with E-state index in [-0.39, 0.29) is 29.8 Å². The SMILES string of the molecule is CCCC(=O)N1CCC(N2C(=O)NC3(CCN(C(=O)c4ccccc4)CC3)C2=O)CC1. The van der Waals surface area contributed by atoms with E-state index in [9.17, 15) is 19.2 Å². The van der Waals surface area contributed by atoms with Gasteiger partial charge in [-0.2, -0.15) is 0 Å². The Morgan fingerprint density at radius 2 is 1.65 bits per heavy atom. The van der Waals surface area contributed by atoms with Crippen LogP contribution in [-0.4, -0.2) is 76.2 Å². The van der Waals surface area contributed by atoms with Crippen LogP contribution in [0.5, 0.6) is 0 Å². The van der Waals surface area contributed by atoms with Crippen molar-refractivity contribution in [1.29, 1.82) is 0 Å². The van der Waals surface area contributed by atoms with Gasteiger partial charge < -0.3 is 15.1 Å². The van der Waals surface area contributed by atoms with Crippen molar-refractivity contribution in [2.24, 2.45) is 0 Å². The number of rotatable bonds is 4. The fraction of sp³-hybridized carbons (Fsp3) is 0.565. The van der Waals surface area contributed by atoms with Gasteiger partial charge in [-0.1, -0.05) is 25.1 Å². The van der Waals surface area contributed by atoms with Gasteiger partial charge in [0.15, 0.2) is 0 Å². The molecule has 5 amide bonds. The highest BCUT2D eigenvalue weighted by Gasteiger charge is 2.54. The Kier molecular flexibility index (Phi) is 5.98. The standard InChI is InChI=1S/C23H30N4O4/c1-2-6-19(28)25-13-9-18(10-14-25)27-21(30)23(24-22(27)31)11-15-26(16-12-23)20(29)17-7-4-3-5-8-17/h3-5,7-8,18H,2,6,9-16H2,1H3,(H,24,31). The van der Waals surface area contributed by atoms with Crippen molar-refractivity contribution in [2.45, 2.75) is 57.0 Å². The second-order valence-corrected chi connectivity index (χ2v) is 8.71. The first-order chi connectivity index (χ1) is 14.9. The van der Waals surface area contributed by atoms with Crippen LogP contribution in [-0.2, 0) is 9.59 Å². The maximum Gasteiger partial charge on any atom is 0.325 e. The van der Waals surface area contributed by atoms with Gasteiger partial charge in [0.2, 0.25) is 5.91 Å². The first kappa shape index (κ1) is 21.3. The number of carbonyl (C=O) groups is 4. The lowest BCUT2D eigenvalue weighted by molar-refractivity contribution is -0.136. The van der Waals surface area contributed by atoms with Crippen LogP contribution in [0.2, 0.25) is 0 Å². The number of carbonyl (C=O) groups excluding carboxylic acids is 4. The molecule has 0 atom stereocenters. The number of nitrogens with one attached hydrogen (secondary N) is 1. The smallest absolute Gasteiger partial charge is 0.325 e.